The van der Waals surface area contributed by atoms with Crippen LogP contribution < -0.4 is 14.2 Å². The van der Waals surface area contributed by atoms with E-state index < -0.39 is 30.0 Å². The number of hydrogen-bond acceptors (Lipinski definition) is 12. The summed E-state index contributed by atoms with van der Waals surface area (Å²) in [7, 11) is 1.21. The normalized spacial score (nSPS) is 10.2. The average molecular weight is 627 g/mol. The molecule has 0 heterocycles. The second-order valence-electron chi connectivity index (χ2n) is 9.42. The van der Waals surface area contributed by atoms with E-state index in [0.29, 0.717) is 37.4 Å². The van der Waals surface area contributed by atoms with Gasteiger partial charge in [0.1, 0.15) is 17.2 Å². The van der Waals surface area contributed by atoms with E-state index in [0.717, 1.165) is 31.8 Å². The zero-order chi connectivity index (χ0) is 32.9. The maximum Gasteiger partial charge on any atom is 0.513 e. The largest absolute Gasteiger partial charge is 0.513 e. The van der Waals surface area contributed by atoms with Crippen molar-refractivity contribution in [3.8, 4) is 17.2 Å². The average Bonchev–Trinajstić information content (AvgIpc) is 3.04. The smallest absolute Gasteiger partial charge is 0.494 e. The van der Waals surface area contributed by atoms with Crippen LogP contribution in [0.4, 0.5) is 4.79 Å². The number of rotatable bonds is 20. The van der Waals surface area contributed by atoms with E-state index in [1.165, 1.54) is 31.4 Å². The van der Waals surface area contributed by atoms with Crippen LogP contribution in [-0.4, -0.2) is 63.6 Å². The Morgan fingerprint density at radius 3 is 1.82 bits per heavy atom. The summed E-state index contributed by atoms with van der Waals surface area (Å²) in [6.45, 7) is 7.83. The maximum atomic E-state index is 12.5. The van der Waals surface area contributed by atoms with Crippen LogP contribution >= 0.6 is 0 Å². The minimum Gasteiger partial charge on any atom is -0.494 e. The number of methoxy groups -OCH3 is 1. The molecule has 0 aliphatic carbocycles. The van der Waals surface area contributed by atoms with Crippen molar-refractivity contribution in [3.05, 3.63) is 78.9 Å². The molecule has 0 N–H and O–H groups in total. The summed E-state index contributed by atoms with van der Waals surface area (Å²) >= 11 is 0. The van der Waals surface area contributed by atoms with Gasteiger partial charge in [0.25, 0.3) is 0 Å². The summed E-state index contributed by atoms with van der Waals surface area (Å²) in [5.41, 5.74) is 0.325. The zero-order valence-electron chi connectivity index (χ0n) is 25.3. The molecule has 45 heavy (non-hydrogen) atoms. The van der Waals surface area contributed by atoms with Gasteiger partial charge in [-0.1, -0.05) is 13.2 Å². The fourth-order valence-electron chi connectivity index (χ4n) is 3.48. The Morgan fingerprint density at radius 2 is 1.20 bits per heavy atom. The van der Waals surface area contributed by atoms with Gasteiger partial charge < -0.3 is 33.2 Å². The number of hydrogen-bond donors (Lipinski definition) is 0. The Hall–Kier alpha value is -5.13. The van der Waals surface area contributed by atoms with Crippen LogP contribution in [0.1, 0.15) is 55.3 Å². The molecule has 2 aromatic rings. The number of esters is 4. The van der Waals surface area contributed by atoms with Crippen LogP contribution in [0.5, 0.6) is 17.2 Å². The first-order chi connectivity index (χ1) is 21.7. The first kappa shape index (κ1) is 36.1. The van der Waals surface area contributed by atoms with Crippen LogP contribution in [0, 0.1) is 0 Å². The van der Waals surface area contributed by atoms with Crippen molar-refractivity contribution in [3.63, 3.8) is 0 Å². The SMILES string of the molecule is C=CC(=O)OCCCCCCOc1ccc(C(=O)Oc2ccc(OC(=O)OCCCCOC(=O)C(=C)CC(=O)OC)cc2)cc1. The quantitative estimate of drug-likeness (QED) is 0.0454. The molecule has 242 valence electrons. The lowest BCUT2D eigenvalue weighted by Gasteiger charge is -2.09. The zero-order valence-corrected chi connectivity index (χ0v) is 25.3. The number of carbonyl (C=O) groups excluding carboxylic acids is 5. The topological polar surface area (TPSA) is 150 Å². The van der Waals surface area contributed by atoms with Gasteiger partial charge in [0.05, 0.1) is 45.5 Å². The molecular weight excluding hydrogens is 588 g/mol. The van der Waals surface area contributed by atoms with E-state index >= 15 is 0 Å². The second-order valence-corrected chi connectivity index (χ2v) is 9.42. The molecule has 0 fully saturated rings. The summed E-state index contributed by atoms with van der Waals surface area (Å²) in [6.07, 6.45) is 4.27. The predicted molar refractivity (Wildman–Crippen MR) is 161 cm³/mol. The molecule has 0 aromatic heterocycles. The molecule has 0 radical (unpaired) electrons. The minimum absolute atomic E-state index is 0.00931. The van der Waals surface area contributed by atoms with Gasteiger partial charge in [0, 0.05) is 11.6 Å². The molecule has 0 bridgehead atoms. The van der Waals surface area contributed by atoms with Crippen LogP contribution in [0.25, 0.3) is 0 Å². The van der Waals surface area contributed by atoms with Crippen molar-refractivity contribution >= 4 is 30.0 Å². The number of unbranched alkanes of at least 4 members (excludes halogenated alkanes) is 4. The van der Waals surface area contributed by atoms with Crippen LogP contribution in [-0.2, 0) is 33.3 Å². The molecule has 0 spiro atoms. The van der Waals surface area contributed by atoms with E-state index in [-0.39, 0.29) is 36.7 Å². The Bertz CT molecular complexity index is 1280. The van der Waals surface area contributed by atoms with Gasteiger partial charge in [-0.15, -0.1) is 0 Å². The van der Waals surface area contributed by atoms with Crippen LogP contribution in [0.2, 0.25) is 0 Å². The molecule has 0 unspecified atom stereocenters. The van der Waals surface area contributed by atoms with Crippen molar-refractivity contribution in [1.82, 2.24) is 0 Å². The summed E-state index contributed by atoms with van der Waals surface area (Å²) in [6, 6.07) is 12.4. The number of carbonyl (C=O) groups is 5. The molecule has 2 rings (SSSR count). The fraction of sp³-hybridized carbons (Fsp3) is 0.364. The standard InChI is InChI=1S/C33H38O12/c1-4-29(34)41-20-8-6-5-7-19-40-26-13-11-25(12-14-26)32(37)44-27-15-17-28(18-16-27)45-33(38)43-22-10-9-21-42-31(36)24(2)23-30(35)39-3/h4,11-18H,1-2,5-10,19-23H2,3H3. The monoisotopic (exact) mass is 626 g/mol. The van der Waals surface area contributed by atoms with E-state index in [1.807, 2.05) is 0 Å². The van der Waals surface area contributed by atoms with Crippen LogP contribution in [0.3, 0.4) is 0 Å². The van der Waals surface area contributed by atoms with Crippen molar-refractivity contribution in [2.45, 2.75) is 44.9 Å². The molecule has 0 saturated heterocycles. The Labute approximate surface area is 261 Å². The van der Waals surface area contributed by atoms with Crippen molar-refractivity contribution in [2.24, 2.45) is 0 Å². The first-order valence-corrected chi connectivity index (χ1v) is 14.3. The Kier molecular flexibility index (Phi) is 16.6. The van der Waals surface area contributed by atoms with Gasteiger partial charge in [0.15, 0.2) is 0 Å². The molecule has 0 aliphatic rings. The van der Waals surface area contributed by atoms with E-state index in [9.17, 15) is 24.0 Å². The third kappa shape index (κ3) is 15.2. The molecule has 0 aliphatic heterocycles. The highest BCUT2D eigenvalue weighted by Crippen LogP contribution is 2.20. The first-order valence-electron chi connectivity index (χ1n) is 14.3. The van der Waals surface area contributed by atoms with E-state index in [2.05, 4.69) is 17.9 Å². The second kappa shape index (κ2) is 20.7. The summed E-state index contributed by atoms with van der Waals surface area (Å²) in [5, 5.41) is 0. The lowest BCUT2D eigenvalue weighted by atomic mass is 10.2. The summed E-state index contributed by atoms with van der Waals surface area (Å²) in [5.74, 6) is -1.19. The Morgan fingerprint density at radius 1 is 0.667 bits per heavy atom. The number of ether oxygens (including phenoxy) is 7. The minimum atomic E-state index is -0.919. The van der Waals surface area contributed by atoms with E-state index in [1.54, 1.807) is 24.3 Å². The lowest BCUT2D eigenvalue weighted by Crippen LogP contribution is -2.14. The van der Waals surface area contributed by atoms with Crippen molar-refractivity contribution in [1.29, 1.82) is 0 Å². The maximum absolute atomic E-state index is 12.5. The molecule has 0 atom stereocenters. The van der Waals surface area contributed by atoms with Gasteiger partial charge in [-0.25, -0.2) is 19.2 Å². The Balaban J connectivity index is 1.60. The van der Waals surface area contributed by atoms with Gasteiger partial charge >= 0.3 is 30.0 Å². The highest BCUT2D eigenvalue weighted by molar-refractivity contribution is 5.93. The third-order valence-electron chi connectivity index (χ3n) is 5.91. The molecule has 0 amide bonds. The van der Waals surface area contributed by atoms with Gasteiger partial charge in [-0.05, 0) is 87.1 Å². The highest BCUT2D eigenvalue weighted by Gasteiger charge is 2.14. The summed E-state index contributed by atoms with van der Waals surface area (Å²) < 4.78 is 35.5. The lowest BCUT2D eigenvalue weighted by molar-refractivity contribution is -0.144. The molecular formula is C33H38O12. The molecule has 12 heteroatoms. The van der Waals surface area contributed by atoms with Crippen molar-refractivity contribution in [2.75, 3.05) is 33.5 Å². The molecule has 0 saturated carbocycles. The molecule has 2 aromatic carbocycles. The highest BCUT2D eigenvalue weighted by atomic mass is 16.7. The third-order valence-corrected chi connectivity index (χ3v) is 5.91. The van der Waals surface area contributed by atoms with Gasteiger partial charge in [-0.3, -0.25) is 4.79 Å². The summed E-state index contributed by atoms with van der Waals surface area (Å²) in [4.78, 5) is 58.2. The number of benzene rings is 2. The van der Waals surface area contributed by atoms with Crippen LogP contribution in [0.15, 0.2) is 73.3 Å². The fourth-order valence-corrected chi connectivity index (χ4v) is 3.48. The van der Waals surface area contributed by atoms with Crippen molar-refractivity contribution < 1.29 is 57.1 Å². The predicted octanol–water partition coefficient (Wildman–Crippen LogP) is 5.53. The molecule has 12 nitrogen and oxygen atoms in total. The van der Waals surface area contributed by atoms with E-state index in [4.69, 9.17) is 28.4 Å². The van der Waals surface area contributed by atoms with Gasteiger partial charge in [0.2, 0.25) is 0 Å². The van der Waals surface area contributed by atoms with Gasteiger partial charge in [-0.2, -0.15) is 0 Å².